The largest absolute Gasteiger partial charge is 0.491 e. The lowest BCUT2D eigenvalue weighted by Crippen LogP contribution is -2.39. The summed E-state index contributed by atoms with van der Waals surface area (Å²) in [5.74, 6) is 0.646. The normalized spacial score (nSPS) is 12.2. The van der Waals surface area contributed by atoms with Gasteiger partial charge in [-0.3, -0.25) is 10.4 Å². The number of nitriles is 1. The zero-order chi connectivity index (χ0) is 12.7. The molecule has 0 amide bonds. The van der Waals surface area contributed by atoms with Gasteiger partial charge < -0.3 is 9.84 Å². The second-order valence-corrected chi connectivity index (χ2v) is 3.86. The van der Waals surface area contributed by atoms with Crippen molar-refractivity contribution in [3.63, 3.8) is 0 Å². The first-order valence-electron chi connectivity index (χ1n) is 5.33. The van der Waals surface area contributed by atoms with Gasteiger partial charge in [0.15, 0.2) is 0 Å². The van der Waals surface area contributed by atoms with Gasteiger partial charge >= 0.3 is 0 Å². The molecule has 0 aliphatic heterocycles. The maximum atomic E-state index is 9.59. The number of aliphatic hydroxyl groups is 1. The van der Waals surface area contributed by atoms with E-state index in [0.29, 0.717) is 17.9 Å². The second-order valence-electron chi connectivity index (χ2n) is 3.86. The van der Waals surface area contributed by atoms with Gasteiger partial charge in [-0.25, -0.2) is 0 Å². The third-order valence-corrected chi connectivity index (χ3v) is 2.07. The highest BCUT2D eigenvalue weighted by Crippen LogP contribution is 2.11. The van der Waals surface area contributed by atoms with Gasteiger partial charge in [-0.15, -0.1) is 0 Å². The molecule has 0 saturated carbocycles. The van der Waals surface area contributed by atoms with E-state index < -0.39 is 6.10 Å². The molecule has 0 saturated heterocycles. The van der Waals surface area contributed by atoms with Gasteiger partial charge in [-0.1, -0.05) is 0 Å². The first kappa shape index (κ1) is 13.5. The van der Waals surface area contributed by atoms with Gasteiger partial charge in [0, 0.05) is 20.6 Å². The van der Waals surface area contributed by atoms with Crippen LogP contribution in [0.3, 0.4) is 0 Å². The van der Waals surface area contributed by atoms with E-state index in [1.807, 2.05) is 20.2 Å². The molecule has 0 heterocycles. The average Bonchev–Trinajstić information content (AvgIpc) is 2.34. The molecule has 2 N–H and O–H groups in total. The lowest BCUT2D eigenvalue weighted by molar-refractivity contribution is 0.0884. The van der Waals surface area contributed by atoms with E-state index in [1.165, 1.54) is 0 Å². The molecule has 0 aliphatic rings. The Balaban J connectivity index is 2.32. The third-order valence-electron chi connectivity index (χ3n) is 2.07. The Morgan fingerprint density at radius 3 is 2.59 bits per heavy atom. The molecule has 5 nitrogen and oxygen atoms in total. The van der Waals surface area contributed by atoms with Crippen LogP contribution in [0.1, 0.15) is 5.56 Å². The monoisotopic (exact) mass is 235 g/mol. The van der Waals surface area contributed by atoms with Crippen molar-refractivity contribution in [3.8, 4) is 11.8 Å². The summed E-state index contributed by atoms with van der Waals surface area (Å²) in [5, 5.41) is 20.0. The lowest BCUT2D eigenvalue weighted by Gasteiger charge is -2.16. The SMILES string of the molecule is CN(C)NCC(O)COc1ccc(C#N)cc1. The smallest absolute Gasteiger partial charge is 0.119 e. The summed E-state index contributed by atoms with van der Waals surface area (Å²) in [6.45, 7) is 0.649. The van der Waals surface area contributed by atoms with Crippen molar-refractivity contribution in [1.29, 1.82) is 5.26 Å². The van der Waals surface area contributed by atoms with Crippen LogP contribution in [-0.2, 0) is 0 Å². The number of hydrogen-bond donors (Lipinski definition) is 2. The van der Waals surface area contributed by atoms with Crippen molar-refractivity contribution in [2.75, 3.05) is 27.2 Å². The fraction of sp³-hybridized carbons (Fsp3) is 0.417. The summed E-state index contributed by atoms with van der Waals surface area (Å²) < 4.78 is 5.38. The number of ether oxygens (including phenoxy) is 1. The van der Waals surface area contributed by atoms with Crippen molar-refractivity contribution in [2.45, 2.75) is 6.10 Å². The Bertz CT molecular complexity index is 370. The third kappa shape index (κ3) is 5.31. The standard InChI is InChI=1S/C12H17N3O2/c1-15(2)14-8-11(16)9-17-12-5-3-10(7-13)4-6-12/h3-6,11,14,16H,8-9H2,1-2H3. The number of hydrogen-bond acceptors (Lipinski definition) is 5. The molecule has 17 heavy (non-hydrogen) atoms. The number of hydrazine groups is 1. The Morgan fingerprint density at radius 2 is 2.06 bits per heavy atom. The topological polar surface area (TPSA) is 68.5 Å². The van der Waals surface area contributed by atoms with Crippen LogP contribution in [0.2, 0.25) is 0 Å². The molecule has 0 aromatic heterocycles. The highest BCUT2D eigenvalue weighted by Gasteiger charge is 2.05. The molecular formula is C12H17N3O2. The highest BCUT2D eigenvalue weighted by molar-refractivity contribution is 5.34. The summed E-state index contributed by atoms with van der Waals surface area (Å²) >= 11 is 0. The van der Waals surface area contributed by atoms with Crippen molar-refractivity contribution in [1.82, 2.24) is 10.4 Å². The molecule has 0 bridgehead atoms. The van der Waals surface area contributed by atoms with Crippen LogP contribution >= 0.6 is 0 Å². The van der Waals surface area contributed by atoms with Gasteiger partial charge in [0.2, 0.25) is 0 Å². The van der Waals surface area contributed by atoms with Crippen LogP contribution in [0.4, 0.5) is 0 Å². The first-order chi connectivity index (χ1) is 8.11. The number of benzene rings is 1. The van der Waals surface area contributed by atoms with E-state index >= 15 is 0 Å². The Labute approximate surface area is 101 Å². The molecule has 92 valence electrons. The molecule has 0 spiro atoms. The van der Waals surface area contributed by atoms with Crippen molar-refractivity contribution < 1.29 is 9.84 Å². The number of nitrogens with zero attached hydrogens (tertiary/aromatic N) is 2. The molecule has 0 aliphatic carbocycles. The molecule has 1 unspecified atom stereocenters. The summed E-state index contributed by atoms with van der Waals surface area (Å²) in [6, 6.07) is 8.82. The van der Waals surface area contributed by atoms with Crippen molar-refractivity contribution >= 4 is 0 Å². The molecule has 1 rings (SSSR count). The van der Waals surface area contributed by atoms with Gasteiger partial charge in [0.05, 0.1) is 11.6 Å². The number of rotatable bonds is 6. The summed E-state index contributed by atoms with van der Waals surface area (Å²) in [5.41, 5.74) is 3.55. The van der Waals surface area contributed by atoms with E-state index in [0.717, 1.165) is 0 Å². The minimum atomic E-state index is -0.576. The van der Waals surface area contributed by atoms with E-state index in [4.69, 9.17) is 10.00 Å². The first-order valence-corrected chi connectivity index (χ1v) is 5.33. The molecule has 1 atom stereocenters. The number of nitrogens with one attached hydrogen (secondary N) is 1. The average molecular weight is 235 g/mol. The van der Waals surface area contributed by atoms with Gasteiger partial charge in [-0.05, 0) is 24.3 Å². The van der Waals surface area contributed by atoms with E-state index in [1.54, 1.807) is 29.3 Å². The predicted molar refractivity (Wildman–Crippen MR) is 64.3 cm³/mol. The van der Waals surface area contributed by atoms with Crippen molar-refractivity contribution in [3.05, 3.63) is 29.8 Å². The lowest BCUT2D eigenvalue weighted by atomic mass is 10.2. The summed E-state index contributed by atoms with van der Waals surface area (Å²) in [6.07, 6.45) is -0.576. The quantitative estimate of drug-likeness (QED) is 0.697. The summed E-state index contributed by atoms with van der Waals surface area (Å²) in [7, 11) is 3.71. The zero-order valence-corrected chi connectivity index (χ0v) is 10.1. The van der Waals surface area contributed by atoms with Crippen molar-refractivity contribution in [2.24, 2.45) is 0 Å². The van der Waals surface area contributed by atoms with E-state index in [2.05, 4.69) is 5.43 Å². The molecule has 0 radical (unpaired) electrons. The van der Waals surface area contributed by atoms with Crippen LogP contribution in [0.25, 0.3) is 0 Å². The Hall–Kier alpha value is -1.61. The maximum absolute atomic E-state index is 9.59. The van der Waals surface area contributed by atoms with E-state index in [-0.39, 0.29) is 6.61 Å². The number of aliphatic hydroxyl groups excluding tert-OH is 1. The second kappa shape index (κ2) is 6.86. The van der Waals surface area contributed by atoms with Gasteiger partial charge in [0.1, 0.15) is 18.5 Å². The van der Waals surface area contributed by atoms with Crippen LogP contribution in [0, 0.1) is 11.3 Å². The predicted octanol–water partition coefficient (Wildman–Crippen LogP) is 0.364. The van der Waals surface area contributed by atoms with Crippen LogP contribution in [-0.4, -0.2) is 43.5 Å². The molecule has 5 heteroatoms. The van der Waals surface area contributed by atoms with Gasteiger partial charge in [-0.2, -0.15) is 5.26 Å². The summed E-state index contributed by atoms with van der Waals surface area (Å²) in [4.78, 5) is 0. The molecule has 0 fully saturated rings. The molecule has 1 aromatic rings. The minimum Gasteiger partial charge on any atom is -0.491 e. The van der Waals surface area contributed by atoms with E-state index in [9.17, 15) is 5.11 Å². The molecule has 1 aromatic carbocycles. The molecular weight excluding hydrogens is 218 g/mol. The fourth-order valence-electron chi connectivity index (χ4n) is 1.16. The van der Waals surface area contributed by atoms with Crippen LogP contribution in [0.15, 0.2) is 24.3 Å². The Morgan fingerprint density at radius 1 is 1.41 bits per heavy atom. The van der Waals surface area contributed by atoms with Gasteiger partial charge in [0.25, 0.3) is 0 Å². The fourth-order valence-corrected chi connectivity index (χ4v) is 1.16. The van der Waals surface area contributed by atoms with Crippen LogP contribution in [0.5, 0.6) is 5.75 Å². The zero-order valence-electron chi connectivity index (χ0n) is 10.1. The van der Waals surface area contributed by atoms with Crippen LogP contribution < -0.4 is 10.2 Å². The maximum Gasteiger partial charge on any atom is 0.119 e. The Kier molecular flexibility index (Phi) is 5.43. The minimum absolute atomic E-state index is 0.215. The highest BCUT2D eigenvalue weighted by atomic mass is 16.5.